The molecule has 138 valence electrons. The number of hydrogen-bond donors (Lipinski definition) is 1. The average molecular weight is 357 g/mol. The van der Waals surface area contributed by atoms with Gasteiger partial charge in [-0.1, -0.05) is 0 Å². The molecule has 0 atom stereocenters. The highest BCUT2D eigenvalue weighted by Gasteiger charge is 2.22. The average Bonchev–Trinajstić information content (AvgIpc) is 2.72. The maximum Gasteiger partial charge on any atom is 0.241 e. The van der Waals surface area contributed by atoms with Gasteiger partial charge in [0.05, 0.1) is 26.5 Å². The molecule has 1 fully saturated rings. The van der Waals surface area contributed by atoms with Crippen LogP contribution in [-0.2, 0) is 4.79 Å². The minimum Gasteiger partial charge on any atom is -0.497 e. The summed E-state index contributed by atoms with van der Waals surface area (Å²) >= 11 is 0. The molecule has 1 aliphatic rings. The summed E-state index contributed by atoms with van der Waals surface area (Å²) in [4.78, 5) is 24.9. The van der Waals surface area contributed by atoms with Gasteiger partial charge in [-0.2, -0.15) is 0 Å². The number of hydrogen-bond acceptors (Lipinski definition) is 7. The SMILES string of the molecule is COc1ccc(NCC(=O)N2CCN(c3ncccn3)CC2)c(OC)c1. The van der Waals surface area contributed by atoms with E-state index < -0.39 is 0 Å². The lowest BCUT2D eigenvalue weighted by atomic mass is 10.2. The smallest absolute Gasteiger partial charge is 0.241 e. The molecule has 0 spiro atoms. The zero-order chi connectivity index (χ0) is 18.4. The molecule has 0 saturated carbocycles. The van der Waals surface area contributed by atoms with E-state index in [1.807, 2.05) is 17.0 Å². The first-order valence-electron chi connectivity index (χ1n) is 8.47. The van der Waals surface area contributed by atoms with Crippen molar-refractivity contribution >= 4 is 17.5 Å². The van der Waals surface area contributed by atoms with E-state index in [1.54, 1.807) is 38.7 Å². The van der Waals surface area contributed by atoms with Crippen molar-refractivity contribution in [3.05, 3.63) is 36.7 Å². The van der Waals surface area contributed by atoms with Gasteiger partial charge in [-0.05, 0) is 18.2 Å². The summed E-state index contributed by atoms with van der Waals surface area (Å²) in [6.07, 6.45) is 3.46. The Morgan fingerprint density at radius 1 is 1.12 bits per heavy atom. The summed E-state index contributed by atoms with van der Waals surface area (Å²) in [5, 5.41) is 3.15. The zero-order valence-corrected chi connectivity index (χ0v) is 15.0. The third-order valence-electron chi connectivity index (χ3n) is 4.31. The summed E-state index contributed by atoms with van der Waals surface area (Å²) in [6.45, 7) is 2.96. The first-order chi connectivity index (χ1) is 12.7. The van der Waals surface area contributed by atoms with Crippen LogP contribution in [0.2, 0.25) is 0 Å². The minimum atomic E-state index is 0.0523. The number of anilines is 2. The van der Waals surface area contributed by atoms with Gasteiger partial charge in [-0.15, -0.1) is 0 Å². The fourth-order valence-electron chi connectivity index (χ4n) is 2.84. The molecule has 0 aliphatic carbocycles. The van der Waals surface area contributed by atoms with Gasteiger partial charge in [0, 0.05) is 44.6 Å². The quantitative estimate of drug-likeness (QED) is 0.833. The third kappa shape index (κ3) is 4.14. The van der Waals surface area contributed by atoms with Crippen LogP contribution in [0.1, 0.15) is 0 Å². The second-order valence-electron chi connectivity index (χ2n) is 5.84. The van der Waals surface area contributed by atoms with Gasteiger partial charge in [0.15, 0.2) is 0 Å². The second-order valence-corrected chi connectivity index (χ2v) is 5.84. The number of nitrogens with one attached hydrogen (secondary N) is 1. The lowest BCUT2D eigenvalue weighted by Gasteiger charge is -2.34. The van der Waals surface area contributed by atoms with Gasteiger partial charge in [-0.25, -0.2) is 9.97 Å². The minimum absolute atomic E-state index is 0.0523. The van der Waals surface area contributed by atoms with Gasteiger partial charge in [0.2, 0.25) is 11.9 Å². The molecule has 8 nitrogen and oxygen atoms in total. The number of methoxy groups -OCH3 is 2. The number of aromatic nitrogens is 2. The number of ether oxygens (including phenoxy) is 2. The number of amides is 1. The Hall–Kier alpha value is -3.03. The van der Waals surface area contributed by atoms with Crippen LogP contribution in [0, 0.1) is 0 Å². The van der Waals surface area contributed by atoms with E-state index in [0.717, 1.165) is 18.8 Å². The van der Waals surface area contributed by atoms with Crippen molar-refractivity contribution in [3.8, 4) is 11.5 Å². The third-order valence-corrected chi connectivity index (χ3v) is 4.31. The monoisotopic (exact) mass is 357 g/mol. The molecule has 3 rings (SSSR count). The Labute approximate surface area is 152 Å². The maximum atomic E-state index is 12.5. The molecule has 1 N–H and O–H groups in total. The Morgan fingerprint density at radius 3 is 2.50 bits per heavy atom. The predicted molar refractivity (Wildman–Crippen MR) is 98.9 cm³/mol. The van der Waals surface area contributed by atoms with Crippen LogP contribution in [0.15, 0.2) is 36.7 Å². The van der Waals surface area contributed by atoms with Crippen molar-refractivity contribution in [2.75, 3.05) is 57.2 Å². The number of carbonyl (C=O) groups is 1. The first-order valence-corrected chi connectivity index (χ1v) is 8.47. The van der Waals surface area contributed by atoms with E-state index in [-0.39, 0.29) is 12.5 Å². The molecule has 1 aromatic carbocycles. The van der Waals surface area contributed by atoms with Gasteiger partial charge < -0.3 is 24.6 Å². The molecule has 0 radical (unpaired) electrons. The van der Waals surface area contributed by atoms with Crippen molar-refractivity contribution in [3.63, 3.8) is 0 Å². The summed E-state index contributed by atoms with van der Waals surface area (Å²) in [5.74, 6) is 2.11. The van der Waals surface area contributed by atoms with Crippen LogP contribution in [0.4, 0.5) is 11.6 Å². The van der Waals surface area contributed by atoms with Crippen LogP contribution in [0.5, 0.6) is 11.5 Å². The van der Waals surface area contributed by atoms with Crippen molar-refractivity contribution in [1.82, 2.24) is 14.9 Å². The van der Waals surface area contributed by atoms with E-state index >= 15 is 0 Å². The normalized spacial score (nSPS) is 14.1. The number of nitrogens with zero attached hydrogens (tertiary/aromatic N) is 4. The summed E-state index contributed by atoms with van der Waals surface area (Å²) in [6, 6.07) is 7.25. The van der Waals surface area contributed by atoms with Gasteiger partial charge in [0.1, 0.15) is 11.5 Å². The fraction of sp³-hybridized carbons (Fsp3) is 0.389. The highest BCUT2D eigenvalue weighted by atomic mass is 16.5. The molecule has 0 bridgehead atoms. The van der Waals surface area contributed by atoms with Crippen LogP contribution in [0.3, 0.4) is 0 Å². The Bertz CT molecular complexity index is 733. The number of rotatable bonds is 6. The van der Waals surface area contributed by atoms with Crippen molar-refractivity contribution in [2.24, 2.45) is 0 Å². The highest BCUT2D eigenvalue weighted by molar-refractivity contribution is 5.81. The summed E-state index contributed by atoms with van der Waals surface area (Å²) < 4.78 is 10.5. The van der Waals surface area contributed by atoms with Gasteiger partial charge in [0.25, 0.3) is 0 Å². The zero-order valence-electron chi connectivity index (χ0n) is 15.0. The van der Waals surface area contributed by atoms with E-state index in [9.17, 15) is 4.79 Å². The molecule has 1 aromatic heterocycles. The molecule has 0 unspecified atom stereocenters. The lowest BCUT2D eigenvalue weighted by Crippen LogP contribution is -2.50. The van der Waals surface area contributed by atoms with Crippen LogP contribution in [0.25, 0.3) is 0 Å². The molecular weight excluding hydrogens is 334 g/mol. The Balaban J connectivity index is 1.52. The van der Waals surface area contributed by atoms with Gasteiger partial charge >= 0.3 is 0 Å². The topological polar surface area (TPSA) is 79.8 Å². The maximum absolute atomic E-state index is 12.5. The number of benzene rings is 1. The van der Waals surface area contributed by atoms with E-state index in [4.69, 9.17) is 9.47 Å². The number of piperazine rings is 1. The Kier molecular flexibility index (Phi) is 5.73. The van der Waals surface area contributed by atoms with E-state index in [1.165, 1.54) is 0 Å². The highest BCUT2D eigenvalue weighted by Crippen LogP contribution is 2.28. The second kappa shape index (κ2) is 8.37. The molecule has 8 heteroatoms. The molecule has 1 saturated heterocycles. The van der Waals surface area contributed by atoms with E-state index in [0.29, 0.717) is 30.5 Å². The Morgan fingerprint density at radius 2 is 1.85 bits per heavy atom. The van der Waals surface area contributed by atoms with Crippen molar-refractivity contribution in [1.29, 1.82) is 0 Å². The standard InChI is InChI=1S/C18H23N5O3/c1-25-14-4-5-15(16(12-14)26-2)21-13-17(24)22-8-10-23(11-9-22)18-19-6-3-7-20-18/h3-7,12,21H,8-11,13H2,1-2H3. The first kappa shape index (κ1) is 17.8. The molecule has 2 aromatic rings. The molecule has 2 heterocycles. The van der Waals surface area contributed by atoms with Gasteiger partial charge in [-0.3, -0.25) is 4.79 Å². The van der Waals surface area contributed by atoms with Crippen LogP contribution < -0.4 is 19.7 Å². The summed E-state index contributed by atoms with van der Waals surface area (Å²) in [7, 11) is 3.19. The molecule has 1 amide bonds. The lowest BCUT2D eigenvalue weighted by molar-refractivity contribution is -0.129. The molecule has 1 aliphatic heterocycles. The predicted octanol–water partition coefficient (Wildman–Crippen LogP) is 1.25. The van der Waals surface area contributed by atoms with Crippen LogP contribution >= 0.6 is 0 Å². The largest absolute Gasteiger partial charge is 0.497 e. The number of carbonyl (C=O) groups excluding carboxylic acids is 1. The van der Waals surface area contributed by atoms with Crippen molar-refractivity contribution in [2.45, 2.75) is 0 Å². The molecule has 26 heavy (non-hydrogen) atoms. The fourth-order valence-corrected chi connectivity index (χ4v) is 2.84. The van der Waals surface area contributed by atoms with E-state index in [2.05, 4.69) is 20.2 Å². The van der Waals surface area contributed by atoms with Crippen molar-refractivity contribution < 1.29 is 14.3 Å². The molecular formula is C18H23N5O3. The van der Waals surface area contributed by atoms with Crippen LogP contribution in [-0.4, -0.2) is 67.7 Å². The summed E-state index contributed by atoms with van der Waals surface area (Å²) in [5.41, 5.74) is 0.762.